The Balaban J connectivity index is 1.94. The number of nitrogens with zero attached hydrogens (tertiary/aromatic N) is 1. The van der Waals surface area contributed by atoms with Crippen molar-refractivity contribution in [2.45, 2.75) is 6.42 Å². The van der Waals surface area contributed by atoms with Gasteiger partial charge in [-0.15, -0.1) is 0 Å². The van der Waals surface area contributed by atoms with E-state index in [0.29, 0.717) is 28.7 Å². The Morgan fingerprint density at radius 2 is 2.39 bits per heavy atom. The lowest BCUT2D eigenvalue weighted by molar-refractivity contribution is 0.0948. The zero-order chi connectivity index (χ0) is 13.1. The summed E-state index contributed by atoms with van der Waals surface area (Å²) in [6, 6.07) is 5.11. The lowest BCUT2D eigenvalue weighted by Gasteiger charge is -2.13. The van der Waals surface area contributed by atoms with Crippen LogP contribution in [0.15, 0.2) is 18.2 Å². The van der Waals surface area contributed by atoms with E-state index in [1.165, 1.54) is 0 Å². The minimum absolute atomic E-state index is 0.149. The minimum Gasteiger partial charge on any atom is -0.397 e. The van der Waals surface area contributed by atoms with Gasteiger partial charge >= 0.3 is 0 Å². The van der Waals surface area contributed by atoms with E-state index in [1.54, 1.807) is 18.2 Å². The molecule has 0 aliphatic carbocycles. The molecule has 1 aromatic rings. The van der Waals surface area contributed by atoms with Crippen molar-refractivity contribution in [3.05, 3.63) is 28.8 Å². The van der Waals surface area contributed by atoms with E-state index >= 15 is 0 Å². The molecule has 18 heavy (non-hydrogen) atoms. The second-order valence-electron chi connectivity index (χ2n) is 4.83. The van der Waals surface area contributed by atoms with Crippen molar-refractivity contribution in [1.82, 2.24) is 10.2 Å². The molecular formula is C13H18ClN3O. The van der Waals surface area contributed by atoms with Crippen molar-refractivity contribution < 1.29 is 4.79 Å². The molecule has 0 saturated carbocycles. The summed E-state index contributed by atoms with van der Waals surface area (Å²) in [6.45, 7) is 2.82. The zero-order valence-electron chi connectivity index (χ0n) is 10.4. The fourth-order valence-corrected chi connectivity index (χ4v) is 2.43. The van der Waals surface area contributed by atoms with Gasteiger partial charge in [0.15, 0.2) is 0 Å². The van der Waals surface area contributed by atoms with Gasteiger partial charge in [-0.25, -0.2) is 0 Å². The molecule has 1 saturated heterocycles. The second-order valence-corrected chi connectivity index (χ2v) is 5.24. The van der Waals surface area contributed by atoms with Gasteiger partial charge in [0, 0.05) is 13.1 Å². The van der Waals surface area contributed by atoms with Gasteiger partial charge in [-0.2, -0.15) is 0 Å². The standard InChI is InChI=1S/C13H18ClN3O/c1-17-6-5-9(8-17)7-16-13(18)10-3-2-4-11(14)12(10)15/h2-4,9H,5-8,15H2,1H3,(H,16,18). The molecule has 0 radical (unpaired) electrons. The number of carbonyl (C=O) groups excluding carboxylic acids is 1. The predicted octanol–water partition coefficient (Wildman–Crippen LogP) is 1.60. The molecule has 4 nitrogen and oxygen atoms in total. The monoisotopic (exact) mass is 267 g/mol. The molecule has 1 amide bonds. The van der Waals surface area contributed by atoms with E-state index in [0.717, 1.165) is 19.5 Å². The normalized spacial score (nSPS) is 20.0. The third-order valence-electron chi connectivity index (χ3n) is 3.34. The molecule has 1 aliphatic rings. The van der Waals surface area contributed by atoms with Crippen LogP contribution in [0.25, 0.3) is 0 Å². The van der Waals surface area contributed by atoms with Crippen molar-refractivity contribution in [1.29, 1.82) is 0 Å². The third-order valence-corrected chi connectivity index (χ3v) is 3.67. The molecule has 1 fully saturated rings. The van der Waals surface area contributed by atoms with Crippen molar-refractivity contribution in [2.75, 3.05) is 32.4 Å². The van der Waals surface area contributed by atoms with Crippen LogP contribution in [0.5, 0.6) is 0 Å². The Bertz CT molecular complexity index is 450. The Kier molecular flexibility index (Phi) is 4.09. The van der Waals surface area contributed by atoms with Crippen LogP contribution in [0.4, 0.5) is 5.69 Å². The summed E-state index contributed by atoms with van der Waals surface area (Å²) >= 11 is 5.89. The Morgan fingerprint density at radius 3 is 3.06 bits per heavy atom. The molecule has 0 spiro atoms. The first-order valence-electron chi connectivity index (χ1n) is 6.08. The van der Waals surface area contributed by atoms with Crippen LogP contribution in [-0.4, -0.2) is 37.5 Å². The zero-order valence-corrected chi connectivity index (χ0v) is 11.2. The van der Waals surface area contributed by atoms with Crippen LogP contribution in [0.1, 0.15) is 16.8 Å². The number of benzene rings is 1. The van der Waals surface area contributed by atoms with Crippen molar-refractivity contribution in [3.63, 3.8) is 0 Å². The summed E-state index contributed by atoms with van der Waals surface area (Å²) in [4.78, 5) is 14.3. The molecule has 5 heteroatoms. The van der Waals surface area contributed by atoms with Crippen LogP contribution >= 0.6 is 11.6 Å². The van der Waals surface area contributed by atoms with Gasteiger partial charge in [-0.1, -0.05) is 17.7 Å². The number of halogens is 1. The van der Waals surface area contributed by atoms with Gasteiger partial charge in [0.2, 0.25) is 0 Å². The molecule has 1 aliphatic heterocycles. The first kappa shape index (κ1) is 13.2. The fourth-order valence-electron chi connectivity index (χ4n) is 2.26. The SMILES string of the molecule is CN1CCC(CNC(=O)c2cccc(Cl)c2N)C1. The largest absolute Gasteiger partial charge is 0.397 e. The first-order chi connectivity index (χ1) is 8.58. The highest BCUT2D eigenvalue weighted by atomic mass is 35.5. The lowest BCUT2D eigenvalue weighted by Crippen LogP contribution is -2.31. The summed E-state index contributed by atoms with van der Waals surface area (Å²) in [7, 11) is 2.09. The van der Waals surface area contributed by atoms with E-state index in [-0.39, 0.29) is 5.91 Å². The van der Waals surface area contributed by atoms with Crippen LogP contribution in [0.3, 0.4) is 0 Å². The molecular weight excluding hydrogens is 250 g/mol. The number of amides is 1. The van der Waals surface area contributed by atoms with Gasteiger partial charge in [-0.3, -0.25) is 4.79 Å². The molecule has 1 atom stereocenters. The highest BCUT2D eigenvalue weighted by Gasteiger charge is 2.20. The van der Waals surface area contributed by atoms with E-state index in [4.69, 9.17) is 17.3 Å². The number of hydrogen-bond donors (Lipinski definition) is 2. The molecule has 2 rings (SSSR count). The third kappa shape index (κ3) is 2.94. The summed E-state index contributed by atoms with van der Waals surface area (Å²) in [6.07, 6.45) is 1.13. The number of nitrogen functional groups attached to an aromatic ring is 1. The summed E-state index contributed by atoms with van der Waals surface area (Å²) in [5, 5.41) is 3.34. The Hall–Kier alpha value is -1.26. The number of likely N-dealkylation sites (tertiary alicyclic amines) is 1. The average molecular weight is 268 g/mol. The maximum atomic E-state index is 12.0. The summed E-state index contributed by atoms with van der Waals surface area (Å²) < 4.78 is 0. The van der Waals surface area contributed by atoms with Gasteiger partial charge in [0.05, 0.1) is 16.3 Å². The van der Waals surface area contributed by atoms with Crippen LogP contribution < -0.4 is 11.1 Å². The second kappa shape index (κ2) is 5.59. The number of anilines is 1. The quantitative estimate of drug-likeness (QED) is 0.818. The van der Waals surface area contributed by atoms with Gasteiger partial charge in [0.1, 0.15) is 0 Å². The maximum Gasteiger partial charge on any atom is 0.253 e. The Labute approximate surface area is 112 Å². The molecule has 3 N–H and O–H groups in total. The van der Waals surface area contributed by atoms with Crippen molar-refractivity contribution >= 4 is 23.2 Å². The average Bonchev–Trinajstić information content (AvgIpc) is 2.76. The highest BCUT2D eigenvalue weighted by Crippen LogP contribution is 2.22. The molecule has 1 unspecified atom stereocenters. The fraction of sp³-hybridized carbons (Fsp3) is 0.462. The number of nitrogens with two attached hydrogens (primary N) is 1. The van der Waals surface area contributed by atoms with Crippen LogP contribution in [0.2, 0.25) is 5.02 Å². The van der Waals surface area contributed by atoms with Gasteiger partial charge < -0.3 is 16.0 Å². The number of hydrogen-bond acceptors (Lipinski definition) is 3. The minimum atomic E-state index is -0.149. The summed E-state index contributed by atoms with van der Waals surface area (Å²) in [5.74, 6) is 0.379. The highest BCUT2D eigenvalue weighted by molar-refractivity contribution is 6.33. The number of rotatable bonds is 3. The van der Waals surface area contributed by atoms with E-state index < -0.39 is 0 Å². The molecule has 1 heterocycles. The first-order valence-corrected chi connectivity index (χ1v) is 6.46. The van der Waals surface area contributed by atoms with E-state index in [1.807, 2.05) is 0 Å². The number of nitrogens with one attached hydrogen (secondary N) is 1. The Morgan fingerprint density at radius 1 is 1.61 bits per heavy atom. The van der Waals surface area contributed by atoms with Crippen LogP contribution in [-0.2, 0) is 0 Å². The van der Waals surface area contributed by atoms with Gasteiger partial charge in [0.25, 0.3) is 5.91 Å². The van der Waals surface area contributed by atoms with Crippen molar-refractivity contribution in [3.8, 4) is 0 Å². The smallest absolute Gasteiger partial charge is 0.253 e. The molecule has 1 aromatic carbocycles. The lowest BCUT2D eigenvalue weighted by atomic mass is 10.1. The number of carbonyl (C=O) groups is 1. The van der Waals surface area contributed by atoms with E-state index in [2.05, 4.69) is 17.3 Å². The predicted molar refractivity (Wildman–Crippen MR) is 73.8 cm³/mol. The topological polar surface area (TPSA) is 58.4 Å². The van der Waals surface area contributed by atoms with Crippen molar-refractivity contribution in [2.24, 2.45) is 5.92 Å². The summed E-state index contributed by atoms with van der Waals surface area (Å²) in [5.41, 5.74) is 6.59. The maximum absolute atomic E-state index is 12.0. The number of para-hydroxylation sites is 1. The molecule has 0 aromatic heterocycles. The molecule has 98 valence electrons. The molecule has 0 bridgehead atoms. The van der Waals surface area contributed by atoms with Crippen LogP contribution in [0, 0.1) is 5.92 Å². The van der Waals surface area contributed by atoms with E-state index in [9.17, 15) is 4.79 Å². The van der Waals surface area contributed by atoms with Gasteiger partial charge in [-0.05, 0) is 38.1 Å².